The number of rotatable bonds is 4. The molecule has 1 fully saturated rings. The SMILES string of the molecule is COc1ccc(C(C)NC2CCOC2)c(O)c1. The Morgan fingerprint density at radius 1 is 1.53 bits per heavy atom. The Labute approximate surface area is 102 Å². The zero-order chi connectivity index (χ0) is 12.3. The van der Waals surface area contributed by atoms with Gasteiger partial charge in [0.15, 0.2) is 0 Å². The molecular formula is C13H19NO3. The lowest BCUT2D eigenvalue weighted by Gasteiger charge is -2.19. The van der Waals surface area contributed by atoms with E-state index in [2.05, 4.69) is 5.32 Å². The van der Waals surface area contributed by atoms with Crippen molar-refractivity contribution in [1.82, 2.24) is 5.32 Å². The highest BCUT2D eigenvalue weighted by molar-refractivity contribution is 5.41. The van der Waals surface area contributed by atoms with E-state index in [9.17, 15) is 5.11 Å². The van der Waals surface area contributed by atoms with Gasteiger partial charge in [0.2, 0.25) is 0 Å². The van der Waals surface area contributed by atoms with Crippen molar-refractivity contribution in [1.29, 1.82) is 0 Å². The lowest BCUT2D eigenvalue weighted by atomic mass is 10.1. The average molecular weight is 237 g/mol. The second kappa shape index (κ2) is 5.38. The zero-order valence-corrected chi connectivity index (χ0v) is 10.3. The van der Waals surface area contributed by atoms with Crippen LogP contribution in [0.25, 0.3) is 0 Å². The first kappa shape index (κ1) is 12.2. The summed E-state index contributed by atoms with van der Waals surface area (Å²) in [5.74, 6) is 0.936. The second-order valence-corrected chi connectivity index (χ2v) is 4.37. The Morgan fingerprint density at radius 3 is 2.94 bits per heavy atom. The molecule has 4 nitrogen and oxygen atoms in total. The Bertz CT molecular complexity index is 375. The highest BCUT2D eigenvalue weighted by Crippen LogP contribution is 2.28. The van der Waals surface area contributed by atoms with Crippen LogP contribution in [0.3, 0.4) is 0 Å². The average Bonchev–Trinajstić information content (AvgIpc) is 2.81. The minimum atomic E-state index is 0.104. The van der Waals surface area contributed by atoms with E-state index in [0.717, 1.165) is 25.2 Å². The number of methoxy groups -OCH3 is 1. The summed E-state index contributed by atoms with van der Waals surface area (Å²) in [6.45, 7) is 3.61. The van der Waals surface area contributed by atoms with Gasteiger partial charge in [-0.25, -0.2) is 0 Å². The maximum Gasteiger partial charge on any atom is 0.124 e. The van der Waals surface area contributed by atoms with Crippen molar-refractivity contribution in [2.75, 3.05) is 20.3 Å². The van der Waals surface area contributed by atoms with Gasteiger partial charge < -0.3 is 19.9 Å². The second-order valence-electron chi connectivity index (χ2n) is 4.37. The van der Waals surface area contributed by atoms with E-state index in [4.69, 9.17) is 9.47 Å². The van der Waals surface area contributed by atoms with Crippen molar-refractivity contribution >= 4 is 0 Å². The molecule has 1 aliphatic heterocycles. The largest absolute Gasteiger partial charge is 0.507 e. The van der Waals surface area contributed by atoms with Crippen LogP contribution in [-0.2, 0) is 4.74 Å². The van der Waals surface area contributed by atoms with E-state index >= 15 is 0 Å². The van der Waals surface area contributed by atoms with Crippen molar-refractivity contribution in [3.63, 3.8) is 0 Å². The first-order valence-corrected chi connectivity index (χ1v) is 5.91. The Morgan fingerprint density at radius 2 is 2.35 bits per heavy atom. The molecule has 0 bridgehead atoms. The molecular weight excluding hydrogens is 218 g/mol. The molecule has 0 saturated carbocycles. The van der Waals surface area contributed by atoms with Gasteiger partial charge in [-0.1, -0.05) is 6.07 Å². The smallest absolute Gasteiger partial charge is 0.124 e. The van der Waals surface area contributed by atoms with Crippen molar-refractivity contribution in [2.45, 2.75) is 25.4 Å². The molecule has 0 aromatic heterocycles. The molecule has 0 amide bonds. The molecule has 0 radical (unpaired) electrons. The van der Waals surface area contributed by atoms with Crippen LogP contribution in [0.2, 0.25) is 0 Å². The van der Waals surface area contributed by atoms with Gasteiger partial charge in [-0.3, -0.25) is 0 Å². The zero-order valence-electron chi connectivity index (χ0n) is 10.3. The molecule has 2 unspecified atom stereocenters. The summed E-state index contributed by atoms with van der Waals surface area (Å²) < 4.78 is 10.4. The summed E-state index contributed by atoms with van der Waals surface area (Å²) in [7, 11) is 1.59. The third-order valence-electron chi connectivity index (χ3n) is 3.12. The molecule has 1 heterocycles. The monoisotopic (exact) mass is 237 g/mol. The molecule has 1 saturated heterocycles. The van der Waals surface area contributed by atoms with Crippen molar-refractivity contribution in [3.8, 4) is 11.5 Å². The fraction of sp³-hybridized carbons (Fsp3) is 0.538. The molecule has 17 heavy (non-hydrogen) atoms. The highest BCUT2D eigenvalue weighted by Gasteiger charge is 2.19. The summed E-state index contributed by atoms with van der Waals surface area (Å²) in [5.41, 5.74) is 0.887. The molecule has 2 N–H and O–H groups in total. The summed E-state index contributed by atoms with van der Waals surface area (Å²) >= 11 is 0. The minimum absolute atomic E-state index is 0.104. The van der Waals surface area contributed by atoms with Crippen LogP contribution in [0.15, 0.2) is 18.2 Å². The first-order valence-electron chi connectivity index (χ1n) is 5.91. The molecule has 2 atom stereocenters. The number of aromatic hydroxyl groups is 1. The predicted molar refractivity (Wildman–Crippen MR) is 65.4 cm³/mol. The van der Waals surface area contributed by atoms with Crippen molar-refractivity contribution < 1.29 is 14.6 Å². The van der Waals surface area contributed by atoms with Crippen LogP contribution in [0, 0.1) is 0 Å². The van der Waals surface area contributed by atoms with Crippen LogP contribution < -0.4 is 10.1 Å². The van der Waals surface area contributed by atoms with Crippen LogP contribution in [0.4, 0.5) is 0 Å². The molecule has 1 aromatic rings. The summed E-state index contributed by atoms with van der Waals surface area (Å²) in [6.07, 6.45) is 1.03. The predicted octanol–water partition coefficient (Wildman–Crippen LogP) is 1.84. The highest BCUT2D eigenvalue weighted by atomic mass is 16.5. The fourth-order valence-electron chi connectivity index (χ4n) is 2.13. The number of phenols is 1. The first-order chi connectivity index (χ1) is 8.20. The summed E-state index contributed by atoms with van der Waals surface area (Å²) in [6, 6.07) is 5.87. The molecule has 94 valence electrons. The van der Waals surface area contributed by atoms with E-state index in [1.807, 2.05) is 19.1 Å². The number of nitrogens with one attached hydrogen (secondary N) is 1. The molecule has 0 aliphatic carbocycles. The van der Waals surface area contributed by atoms with Gasteiger partial charge in [0.05, 0.1) is 13.7 Å². The fourth-order valence-corrected chi connectivity index (χ4v) is 2.13. The topological polar surface area (TPSA) is 50.7 Å². The Kier molecular flexibility index (Phi) is 3.86. The Hall–Kier alpha value is -1.26. The molecule has 1 aliphatic rings. The van der Waals surface area contributed by atoms with Gasteiger partial charge in [0, 0.05) is 30.3 Å². The number of benzene rings is 1. The lowest BCUT2D eigenvalue weighted by molar-refractivity contribution is 0.188. The van der Waals surface area contributed by atoms with Crippen LogP contribution in [-0.4, -0.2) is 31.5 Å². The lowest BCUT2D eigenvalue weighted by Crippen LogP contribution is -2.31. The number of phenolic OH excluding ortho intramolecular Hbond substituents is 1. The van der Waals surface area contributed by atoms with Crippen LogP contribution in [0.1, 0.15) is 24.9 Å². The number of hydrogen-bond donors (Lipinski definition) is 2. The molecule has 0 spiro atoms. The third kappa shape index (κ3) is 2.90. The maximum atomic E-state index is 9.92. The van der Waals surface area contributed by atoms with Gasteiger partial charge >= 0.3 is 0 Å². The van der Waals surface area contributed by atoms with Gasteiger partial charge in [-0.15, -0.1) is 0 Å². The van der Waals surface area contributed by atoms with Crippen molar-refractivity contribution in [3.05, 3.63) is 23.8 Å². The van der Waals surface area contributed by atoms with Gasteiger partial charge in [0.1, 0.15) is 11.5 Å². The minimum Gasteiger partial charge on any atom is -0.507 e. The standard InChI is InChI=1S/C13H19NO3/c1-9(14-10-5-6-17-8-10)12-4-3-11(16-2)7-13(12)15/h3-4,7,9-10,14-15H,5-6,8H2,1-2H3. The van der Waals surface area contributed by atoms with E-state index in [-0.39, 0.29) is 11.8 Å². The van der Waals surface area contributed by atoms with E-state index in [1.54, 1.807) is 13.2 Å². The summed E-state index contributed by atoms with van der Waals surface area (Å²) in [5, 5.41) is 13.4. The normalized spacial score (nSPS) is 21.4. The summed E-state index contributed by atoms with van der Waals surface area (Å²) in [4.78, 5) is 0. The number of ether oxygens (including phenoxy) is 2. The quantitative estimate of drug-likeness (QED) is 0.839. The van der Waals surface area contributed by atoms with Gasteiger partial charge in [-0.2, -0.15) is 0 Å². The van der Waals surface area contributed by atoms with Gasteiger partial charge in [-0.05, 0) is 19.4 Å². The van der Waals surface area contributed by atoms with E-state index < -0.39 is 0 Å². The van der Waals surface area contributed by atoms with E-state index in [0.29, 0.717) is 11.8 Å². The molecule has 1 aromatic carbocycles. The number of hydrogen-bond acceptors (Lipinski definition) is 4. The van der Waals surface area contributed by atoms with Gasteiger partial charge in [0.25, 0.3) is 0 Å². The molecule has 4 heteroatoms. The third-order valence-corrected chi connectivity index (χ3v) is 3.12. The molecule has 2 rings (SSSR count). The van der Waals surface area contributed by atoms with Crippen LogP contribution >= 0.6 is 0 Å². The van der Waals surface area contributed by atoms with Crippen molar-refractivity contribution in [2.24, 2.45) is 0 Å². The maximum absolute atomic E-state index is 9.92. The Balaban J connectivity index is 2.04. The van der Waals surface area contributed by atoms with E-state index in [1.165, 1.54) is 0 Å². The van der Waals surface area contributed by atoms with Crippen LogP contribution in [0.5, 0.6) is 11.5 Å².